The molecule has 0 spiro atoms. The van der Waals surface area contributed by atoms with Crippen molar-refractivity contribution in [2.24, 2.45) is 0 Å². The quantitative estimate of drug-likeness (QED) is 0.475. The third-order valence-electron chi connectivity index (χ3n) is 1.58. The molecule has 0 saturated carbocycles. The van der Waals surface area contributed by atoms with Gasteiger partial charge in [0.25, 0.3) is 0 Å². The highest BCUT2D eigenvalue weighted by atomic mass is 16.5. The average molecular weight is 232 g/mol. The Balaban J connectivity index is 3.72. The number of hydrogen-bond acceptors (Lipinski definition) is 4. The Bertz CT molecular complexity index is 267. The molecule has 7 heteroatoms. The van der Waals surface area contributed by atoms with Gasteiger partial charge in [0.2, 0.25) is 11.8 Å². The smallest absolute Gasteiger partial charge is 0.328 e. The molecule has 0 unspecified atom stereocenters. The fourth-order valence-corrected chi connectivity index (χ4v) is 0.920. The molecule has 16 heavy (non-hydrogen) atoms. The molecular weight excluding hydrogens is 216 g/mol. The van der Waals surface area contributed by atoms with Gasteiger partial charge in [-0.25, -0.2) is 4.79 Å². The van der Waals surface area contributed by atoms with Gasteiger partial charge in [0.05, 0.1) is 13.2 Å². The predicted octanol–water partition coefficient (Wildman–Crippen LogP) is -1.27. The highest BCUT2D eigenvalue weighted by Gasteiger charge is 2.17. The summed E-state index contributed by atoms with van der Waals surface area (Å²) in [5.74, 6) is -1.77. The topological polar surface area (TPSA) is 105 Å². The minimum atomic E-state index is -1.16. The summed E-state index contributed by atoms with van der Waals surface area (Å²) in [5, 5.41) is 13.4. The first-order valence-electron chi connectivity index (χ1n) is 4.75. The van der Waals surface area contributed by atoms with Gasteiger partial charge in [-0.15, -0.1) is 0 Å². The van der Waals surface area contributed by atoms with Gasteiger partial charge < -0.3 is 20.5 Å². The van der Waals surface area contributed by atoms with Crippen LogP contribution in [0.2, 0.25) is 0 Å². The van der Waals surface area contributed by atoms with Gasteiger partial charge in [-0.1, -0.05) is 0 Å². The number of amides is 2. The van der Waals surface area contributed by atoms with Gasteiger partial charge in [-0.2, -0.15) is 0 Å². The van der Waals surface area contributed by atoms with E-state index < -0.39 is 17.9 Å². The average Bonchev–Trinajstić information content (AvgIpc) is 2.14. The highest BCUT2D eigenvalue weighted by Crippen LogP contribution is 1.87. The lowest BCUT2D eigenvalue weighted by Crippen LogP contribution is -2.43. The van der Waals surface area contributed by atoms with Crippen molar-refractivity contribution in [3.05, 3.63) is 0 Å². The van der Waals surface area contributed by atoms with E-state index in [0.29, 0.717) is 6.54 Å². The van der Waals surface area contributed by atoms with Crippen molar-refractivity contribution in [2.45, 2.75) is 19.9 Å². The van der Waals surface area contributed by atoms with Crippen LogP contribution in [-0.4, -0.2) is 48.7 Å². The summed E-state index contributed by atoms with van der Waals surface area (Å²) in [7, 11) is 0. The fraction of sp³-hybridized carbons (Fsp3) is 0.667. The monoisotopic (exact) mass is 232 g/mol. The van der Waals surface area contributed by atoms with E-state index in [1.54, 1.807) is 0 Å². The van der Waals surface area contributed by atoms with Crippen LogP contribution in [0.5, 0.6) is 0 Å². The number of aliphatic carboxylic acids is 1. The largest absolute Gasteiger partial charge is 0.480 e. The van der Waals surface area contributed by atoms with E-state index in [4.69, 9.17) is 9.84 Å². The standard InChI is InChI=1S/C9H16N2O5/c1-6(12)10-3-4-16-5-8(9(14)15)11-7(2)13/h8H,3-5H2,1-2H3,(H,10,12)(H,11,13)(H,14,15)/t8-/m1/s1. The molecule has 1 atom stereocenters. The van der Waals surface area contributed by atoms with Crippen molar-refractivity contribution >= 4 is 17.8 Å². The summed E-state index contributed by atoms with van der Waals surface area (Å²) >= 11 is 0. The Hall–Kier alpha value is -1.63. The van der Waals surface area contributed by atoms with Crippen molar-refractivity contribution in [3.8, 4) is 0 Å². The summed E-state index contributed by atoms with van der Waals surface area (Å²) in [6, 6.07) is -1.06. The van der Waals surface area contributed by atoms with Crippen LogP contribution in [0.4, 0.5) is 0 Å². The molecule has 0 aromatic rings. The van der Waals surface area contributed by atoms with Gasteiger partial charge in [-0.05, 0) is 0 Å². The van der Waals surface area contributed by atoms with E-state index in [0.717, 1.165) is 0 Å². The number of carboxylic acid groups (broad SMARTS) is 1. The van der Waals surface area contributed by atoms with Crippen LogP contribution in [0.1, 0.15) is 13.8 Å². The maximum absolute atomic E-state index is 10.6. The normalized spacial score (nSPS) is 11.6. The molecule has 0 heterocycles. The number of ether oxygens (including phenoxy) is 1. The summed E-state index contributed by atoms with van der Waals surface area (Å²) in [6.45, 7) is 2.98. The third-order valence-corrected chi connectivity index (χ3v) is 1.58. The summed E-state index contributed by atoms with van der Waals surface area (Å²) in [4.78, 5) is 31.8. The zero-order valence-electron chi connectivity index (χ0n) is 9.28. The van der Waals surface area contributed by atoms with Gasteiger partial charge >= 0.3 is 5.97 Å². The van der Waals surface area contributed by atoms with Crippen LogP contribution >= 0.6 is 0 Å². The minimum absolute atomic E-state index is 0.130. The molecule has 0 aliphatic heterocycles. The third kappa shape index (κ3) is 7.74. The first-order valence-corrected chi connectivity index (χ1v) is 4.75. The van der Waals surface area contributed by atoms with Crippen LogP contribution in [-0.2, 0) is 19.1 Å². The van der Waals surface area contributed by atoms with E-state index in [1.165, 1.54) is 13.8 Å². The van der Waals surface area contributed by atoms with Crippen molar-refractivity contribution in [2.75, 3.05) is 19.8 Å². The van der Waals surface area contributed by atoms with Crippen LogP contribution in [0, 0.1) is 0 Å². The summed E-state index contributed by atoms with van der Waals surface area (Å²) in [5.41, 5.74) is 0. The molecule has 0 rings (SSSR count). The van der Waals surface area contributed by atoms with Crippen molar-refractivity contribution < 1.29 is 24.2 Å². The summed E-state index contributed by atoms with van der Waals surface area (Å²) in [6.07, 6.45) is 0. The molecule has 0 radical (unpaired) electrons. The number of carbonyl (C=O) groups is 3. The predicted molar refractivity (Wildman–Crippen MR) is 54.7 cm³/mol. The minimum Gasteiger partial charge on any atom is -0.480 e. The van der Waals surface area contributed by atoms with Crippen LogP contribution in [0.3, 0.4) is 0 Å². The first-order chi connectivity index (χ1) is 7.43. The van der Waals surface area contributed by atoms with Gasteiger partial charge in [0, 0.05) is 20.4 Å². The number of nitrogens with one attached hydrogen (secondary N) is 2. The molecule has 0 aliphatic rings. The highest BCUT2D eigenvalue weighted by molar-refractivity contribution is 5.82. The second kappa shape index (κ2) is 7.63. The van der Waals surface area contributed by atoms with Crippen LogP contribution < -0.4 is 10.6 Å². The van der Waals surface area contributed by atoms with Gasteiger partial charge in [-0.3, -0.25) is 9.59 Å². The lowest BCUT2D eigenvalue weighted by Gasteiger charge is -2.13. The molecular formula is C9H16N2O5. The second-order valence-corrected chi connectivity index (χ2v) is 3.15. The zero-order chi connectivity index (χ0) is 12.6. The number of carboxylic acids is 1. The number of hydrogen-bond donors (Lipinski definition) is 3. The molecule has 0 saturated heterocycles. The number of rotatable bonds is 7. The second-order valence-electron chi connectivity index (χ2n) is 3.15. The maximum Gasteiger partial charge on any atom is 0.328 e. The van der Waals surface area contributed by atoms with E-state index in [1.807, 2.05) is 0 Å². The Kier molecular flexibility index (Phi) is 6.86. The van der Waals surface area contributed by atoms with E-state index in [-0.39, 0.29) is 19.1 Å². The molecule has 3 N–H and O–H groups in total. The molecule has 7 nitrogen and oxygen atoms in total. The van der Waals surface area contributed by atoms with Crippen LogP contribution in [0.15, 0.2) is 0 Å². The van der Waals surface area contributed by atoms with Crippen molar-refractivity contribution in [1.82, 2.24) is 10.6 Å². The SMILES string of the molecule is CC(=O)NCCOC[C@@H](NC(C)=O)C(=O)O. The Morgan fingerprint density at radius 2 is 1.88 bits per heavy atom. The molecule has 92 valence electrons. The van der Waals surface area contributed by atoms with Crippen LogP contribution in [0.25, 0.3) is 0 Å². The first kappa shape index (κ1) is 14.4. The molecule has 2 amide bonds. The Morgan fingerprint density at radius 1 is 1.25 bits per heavy atom. The van der Waals surface area contributed by atoms with Gasteiger partial charge in [0.15, 0.2) is 6.04 Å². The van der Waals surface area contributed by atoms with E-state index >= 15 is 0 Å². The van der Waals surface area contributed by atoms with E-state index in [9.17, 15) is 14.4 Å². The zero-order valence-corrected chi connectivity index (χ0v) is 9.28. The molecule has 0 bridgehead atoms. The Labute approximate surface area is 93.2 Å². The van der Waals surface area contributed by atoms with Gasteiger partial charge in [0.1, 0.15) is 0 Å². The molecule has 0 aromatic heterocycles. The van der Waals surface area contributed by atoms with Crippen molar-refractivity contribution in [1.29, 1.82) is 0 Å². The lowest BCUT2D eigenvalue weighted by atomic mass is 10.3. The Morgan fingerprint density at radius 3 is 2.31 bits per heavy atom. The lowest BCUT2D eigenvalue weighted by molar-refractivity contribution is -0.143. The fourth-order valence-electron chi connectivity index (χ4n) is 0.920. The van der Waals surface area contributed by atoms with E-state index in [2.05, 4.69) is 10.6 Å². The molecule has 0 fully saturated rings. The van der Waals surface area contributed by atoms with Crippen molar-refractivity contribution in [3.63, 3.8) is 0 Å². The number of carbonyl (C=O) groups excluding carboxylic acids is 2. The molecule has 0 aromatic carbocycles. The summed E-state index contributed by atoms with van der Waals surface area (Å²) < 4.78 is 5.00. The molecule has 0 aliphatic carbocycles. The maximum atomic E-state index is 10.6.